The van der Waals surface area contributed by atoms with Crippen molar-refractivity contribution in [3.63, 3.8) is 0 Å². The van der Waals surface area contributed by atoms with Crippen molar-refractivity contribution in [1.82, 2.24) is 14.9 Å². The van der Waals surface area contributed by atoms with E-state index in [1.807, 2.05) is 24.3 Å². The first-order valence-electron chi connectivity index (χ1n) is 6.77. The largest absolute Gasteiger partial charge is 0.409 e. The Balaban J connectivity index is 2.08. The highest BCUT2D eigenvalue weighted by Crippen LogP contribution is 2.10. The number of hydrogen-bond donors (Lipinski definition) is 2. The van der Waals surface area contributed by atoms with E-state index in [1.165, 1.54) is 5.56 Å². The Labute approximate surface area is 123 Å². The zero-order valence-electron chi connectivity index (χ0n) is 12.0. The molecule has 6 nitrogen and oxygen atoms in total. The highest BCUT2D eigenvalue weighted by molar-refractivity contribution is 5.95. The van der Waals surface area contributed by atoms with E-state index in [2.05, 4.69) is 26.9 Å². The van der Waals surface area contributed by atoms with Crippen molar-refractivity contribution in [2.45, 2.75) is 20.0 Å². The predicted octanol–water partition coefficient (Wildman–Crippen LogP) is 1.59. The summed E-state index contributed by atoms with van der Waals surface area (Å²) in [6, 6.07) is 7.79. The number of nitrogens with two attached hydrogens (primary N) is 1. The fraction of sp³-hybridized carbons (Fsp3) is 0.267. The molecule has 2 aromatic rings. The molecule has 2 heterocycles. The van der Waals surface area contributed by atoms with Gasteiger partial charge >= 0.3 is 0 Å². The number of aromatic nitrogens is 2. The van der Waals surface area contributed by atoms with Gasteiger partial charge in [0.15, 0.2) is 5.84 Å². The Hall–Kier alpha value is -2.47. The summed E-state index contributed by atoms with van der Waals surface area (Å²) in [6.45, 7) is 4.66. The van der Waals surface area contributed by atoms with E-state index in [9.17, 15) is 0 Å². The molecule has 0 bridgehead atoms. The van der Waals surface area contributed by atoms with Gasteiger partial charge in [-0.2, -0.15) is 0 Å². The molecule has 0 saturated carbocycles. The van der Waals surface area contributed by atoms with Crippen LogP contribution in [0.5, 0.6) is 0 Å². The van der Waals surface area contributed by atoms with E-state index >= 15 is 0 Å². The fourth-order valence-corrected chi connectivity index (χ4v) is 2.05. The van der Waals surface area contributed by atoms with E-state index < -0.39 is 0 Å². The standard InChI is InChI=1S/C15H19N5O/c1-2-20(10-12-3-6-17-7-4-12)11-13-5-8-18-14(9-13)15(16)19-21/h3-9,21H,2,10-11H2,1H3,(H2,16,19). The molecular formula is C15H19N5O. The summed E-state index contributed by atoms with van der Waals surface area (Å²) in [4.78, 5) is 10.4. The van der Waals surface area contributed by atoms with Crippen LogP contribution in [0.15, 0.2) is 48.0 Å². The van der Waals surface area contributed by atoms with Crippen molar-refractivity contribution in [3.8, 4) is 0 Å². The molecule has 2 aromatic heterocycles. The molecule has 0 saturated heterocycles. The van der Waals surface area contributed by atoms with Crippen molar-refractivity contribution >= 4 is 5.84 Å². The van der Waals surface area contributed by atoms with Gasteiger partial charge in [-0.25, -0.2) is 0 Å². The van der Waals surface area contributed by atoms with E-state index in [0.29, 0.717) is 5.69 Å². The molecule has 0 aliphatic rings. The first-order chi connectivity index (χ1) is 10.2. The number of hydrogen-bond acceptors (Lipinski definition) is 5. The number of pyridine rings is 2. The van der Waals surface area contributed by atoms with Gasteiger partial charge in [-0.3, -0.25) is 14.9 Å². The molecule has 0 unspecified atom stereocenters. The van der Waals surface area contributed by atoms with E-state index in [0.717, 1.165) is 25.2 Å². The number of oxime groups is 1. The Morgan fingerprint density at radius 2 is 1.86 bits per heavy atom. The number of rotatable bonds is 6. The molecule has 0 fully saturated rings. The highest BCUT2D eigenvalue weighted by atomic mass is 16.4. The summed E-state index contributed by atoms with van der Waals surface area (Å²) in [5.74, 6) is 0.0223. The predicted molar refractivity (Wildman–Crippen MR) is 80.8 cm³/mol. The molecule has 0 radical (unpaired) electrons. The molecule has 110 valence electrons. The Morgan fingerprint density at radius 1 is 1.19 bits per heavy atom. The SMILES string of the molecule is CCN(Cc1ccncc1)Cc1ccnc(C(N)=NO)c1. The third kappa shape index (κ3) is 4.25. The van der Waals surface area contributed by atoms with Crippen LogP contribution in [-0.2, 0) is 13.1 Å². The molecule has 0 spiro atoms. The fourth-order valence-electron chi connectivity index (χ4n) is 2.05. The Morgan fingerprint density at radius 3 is 2.52 bits per heavy atom. The minimum Gasteiger partial charge on any atom is -0.409 e. The van der Waals surface area contributed by atoms with Crippen molar-refractivity contribution < 1.29 is 5.21 Å². The van der Waals surface area contributed by atoms with Crippen LogP contribution in [-0.4, -0.2) is 32.5 Å². The monoisotopic (exact) mass is 285 g/mol. The first kappa shape index (κ1) is 14.9. The Kier molecular flexibility index (Phi) is 5.22. The summed E-state index contributed by atoms with van der Waals surface area (Å²) in [5.41, 5.74) is 8.34. The molecule has 0 aliphatic carbocycles. The van der Waals surface area contributed by atoms with Gasteiger partial charge in [-0.1, -0.05) is 12.1 Å². The molecule has 0 amide bonds. The van der Waals surface area contributed by atoms with Crippen LogP contribution in [0.1, 0.15) is 23.7 Å². The first-order valence-corrected chi connectivity index (χ1v) is 6.77. The van der Waals surface area contributed by atoms with Gasteiger partial charge < -0.3 is 10.9 Å². The molecule has 0 atom stereocenters. The molecule has 21 heavy (non-hydrogen) atoms. The molecule has 0 aliphatic heterocycles. The maximum absolute atomic E-state index is 8.71. The van der Waals surface area contributed by atoms with Crippen molar-refractivity contribution in [2.24, 2.45) is 10.9 Å². The molecule has 3 N–H and O–H groups in total. The van der Waals surface area contributed by atoms with Crippen molar-refractivity contribution in [3.05, 3.63) is 59.7 Å². The van der Waals surface area contributed by atoms with Crippen LogP contribution < -0.4 is 5.73 Å². The minimum atomic E-state index is 0.0223. The van der Waals surface area contributed by atoms with Gasteiger partial charge in [0.1, 0.15) is 5.69 Å². The number of amidine groups is 1. The molecule has 0 aromatic carbocycles. The zero-order chi connectivity index (χ0) is 15.1. The molecular weight excluding hydrogens is 266 g/mol. The lowest BCUT2D eigenvalue weighted by Crippen LogP contribution is -2.23. The van der Waals surface area contributed by atoms with Crippen LogP contribution in [0.3, 0.4) is 0 Å². The Bertz CT molecular complexity index is 600. The summed E-state index contributed by atoms with van der Waals surface area (Å²) in [6.07, 6.45) is 5.27. The van der Waals surface area contributed by atoms with Crippen LogP contribution in [0.4, 0.5) is 0 Å². The quantitative estimate of drug-likeness (QED) is 0.364. The van der Waals surface area contributed by atoms with Gasteiger partial charge in [0.25, 0.3) is 0 Å². The molecule has 2 rings (SSSR count). The van der Waals surface area contributed by atoms with E-state index in [4.69, 9.17) is 10.9 Å². The second-order valence-electron chi connectivity index (χ2n) is 4.69. The summed E-state index contributed by atoms with van der Waals surface area (Å²) < 4.78 is 0. The third-order valence-electron chi connectivity index (χ3n) is 3.20. The maximum Gasteiger partial charge on any atom is 0.188 e. The third-order valence-corrected chi connectivity index (χ3v) is 3.20. The van der Waals surface area contributed by atoms with Gasteiger partial charge in [0, 0.05) is 31.7 Å². The van der Waals surface area contributed by atoms with Crippen molar-refractivity contribution in [2.75, 3.05) is 6.54 Å². The van der Waals surface area contributed by atoms with Crippen LogP contribution in [0.25, 0.3) is 0 Å². The van der Waals surface area contributed by atoms with E-state index in [-0.39, 0.29) is 5.84 Å². The average molecular weight is 285 g/mol. The summed E-state index contributed by atoms with van der Waals surface area (Å²) in [5, 5.41) is 11.7. The highest BCUT2D eigenvalue weighted by Gasteiger charge is 2.07. The summed E-state index contributed by atoms with van der Waals surface area (Å²) in [7, 11) is 0. The van der Waals surface area contributed by atoms with Crippen LogP contribution in [0.2, 0.25) is 0 Å². The lowest BCUT2D eigenvalue weighted by atomic mass is 10.2. The molecule has 6 heteroatoms. The minimum absolute atomic E-state index is 0.0223. The lowest BCUT2D eigenvalue weighted by Gasteiger charge is -2.20. The van der Waals surface area contributed by atoms with Gasteiger partial charge in [0.05, 0.1) is 0 Å². The zero-order valence-corrected chi connectivity index (χ0v) is 12.0. The van der Waals surface area contributed by atoms with Crippen LogP contribution >= 0.6 is 0 Å². The maximum atomic E-state index is 8.71. The normalized spacial score (nSPS) is 11.8. The van der Waals surface area contributed by atoms with Gasteiger partial charge in [-0.05, 0) is 41.9 Å². The smallest absolute Gasteiger partial charge is 0.188 e. The van der Waals surface area contributed by atoms with Crippen LogP contribution in [0, 0.1) is 0 Å². The van der Waals surface area contributed by atoms with Gasteiger partial charge in [0.2, 0.25) is 0 Å². The number of nitrogens with zero attached hydrogens (tertiary/aromatic N) is 4. The summed E-state index contributed by atoms with van der Waals surface area (Å²) >= 11 is 0. The van der Waals surface area contributed by atoms with Gasteiger partial charge in [-0.15, -0.1) is 0 Å². The van der Waals surface area contributed by atoms with E-state index in [1.54, 1.807) is 18.6 Å². The van der Waals surface area contributed by atoms with Crippen molar-refractivity contribution in [1.29, 1.82) is 0 Å². The lowest BCUT2D eigenvalue weighted by molar-refractivity contribution is 0.271. The topological polar surface area (TPSA) is 87.6 Å². The second kappa shape index (κ2) is 7.35. The second-order valence-corrected chi connectivity index (χ2v) is 4.69. The average Bonchev–Trinajstić information content (AvgIpc) is 2.54.